The summed E-state index contributed by atoms with van der Waals surface area (Å²) in [6, 6.07) is 9.79. The first-order chi connectivity index (χ1) is 18.5. The fourth-order valence-electron chi connectivity index (χ4n) is 5.92. The summed E-state index contributed by atoms with van der Waals surface area (Å²) >= 11 is 6.70. The zero-order valence-corrected chi connectivity index (χ0v) is 25.2. The van der Waals surface area contributed by atoms with Crippen LogP contribution in [0.2, 0.25) is 5.02 Å². The summed E-state index contributed by atoms with van der Waals surface area (Å²) in [6.45, 7) is 7.75. The second-order valence-electron chi connectivity index (χ2n) is 10.5. The van der Waals surface area contributed by atoms with Crippen molar-refractivity contribution in [2.75, 3.05) is 39.0 Å². The zero-order chi connectivity index (χ0) is 28.4. The Kier molecular flexibility index (Phi) is 9.64. The van der Waals surface area contributed by atoms with Crippen LogP contribution in [0.1, 0.15) is 68.9 Å². The SMILES string of the molecule is CCC(N1CCC(c2cccc(S(C)(=O)=O)c2F)CC1)S(=O)(=O)Oc1cccc(C2CCN(CC)CC2)c1Cl. The van der Waals surface area contributed by atoms with Crippen molar-refractivity contribution in [1.29, 1.82) is 0 Å². The van der Waals surface area contributed by atoms with Crippen molar-refractivity contribution >= 4 is 31.6 Å². The first-order valence-electron chi connectivity index (χ1n) is 13.6. The van der Waals surface area contributed by atoms with Gasteiger partial charge < -0.3 is 9.08 Å². The lowest BCUT2D eigenvalue weighted by molar-refractivity contribution is 0.181. The molecule has 1 atom stereocenters. The Morgan fingerprint density at radius 2 is 1.49 bits per heavy atom. The molecule has 4 rings (SSSR count). The van der Waals surface area contributed by atoms with Crippen LogP contribution in [-0.2, 0) is 20.0 Å². The van der Waals surface area contributed by atoms with E-state index in [1.165, 1.54) is 6.07 Å². The number of hydrogen-bond acceptors (Lipinski definition) is 7. The lowest BCUT2D eigenvalue weighted by Gasteiger charge is -2.36. The van der Waals surface area contributed by atoms with Gasteiger partial charge in [0.05, 0.1) is 5.02 Å². The van der Waals surface area contributed by atoms with Gasteiger partial charge in [0.15, 0.2) is 15.6 Å². The van der Waals surface area contributed by atoms with Crippen molar-refractivity contribution < 1.29 is 25.4 Å². The topological polar surface area (TPSA) is 84.0 Å². The average Bonchev–Trinajstić information content (AvgIpc) is 2.90. The van der Waals surface area contributed by atoms with E-state index < -0.39 is 31.1 Å². The van der Waals surface area contributed by atoms with Gasteiger partial charge in [-0.15, -0.1) is 0 Å². The van der Waals surface area contributed by atoms with Crippen LogP contribution in [0.5, 0.6) is 5.75 Å². The second-order valence-corrected chi connectivity index (χ2v) is 14.6. The highest BCUT2D eigenvalue weighted by molar-refractivity contribution is 7.90. The summed E-state index contributed by atoms with van der Waals surface area (Å²) in [4.78, 5) is 3.93. The second kappa shape index (κ2) is 12.4. The molecule has 2 aliphatic heterocycles. The molecular weight excluding hydrogens is 563 g/mol. The third-order valence-corrected chi connectivity index (χ3v) is 11.4. The lowest BCUT2D eigenvalue weighted by atomic mass is 9.89. The Hall–Kier alpha value is -1.72. The fraction of sp³-hybridized carbons (Fsp3) is 0.571. The standard InChI is InChI=1S/C28H38ClFN2O5S2/c1-4-26(32-18-14-21(15-19-32)23-9-7-11-25(28(23)30)38(3,33)34)39(35,36)37-24-10-6-8-22(27(24)29)20-12-16-31(5-2)17-13-20/h6-11,20-21,26H,4-5,12-19H2,1-3H3. The summed E-state index contributed by atoms with van der Waals surface area (Å²) in [7, 11) is -7.73. The van der Waals surface area contributed by atoms with Crippen molar-refractivity contribution in [3.63, 3.8) is 0 Å². The molecule has 0 spiro atoms. The maximum atomic E-state index is 15.0. The summed E-state index contributed by atoms with van der Waals surface area (Å²) in [5.41, 5.74) is 1.28. The van der Waals surface area contributed by atoms with Gasteiger partial charge in [0, 0.05) is 19.3 Å². The summed E-state index contributed by atoms with van der Waals surface area (Å²) in [5, 5.41) is -0.524. The van der Waals surface area contributed by atoms with Gasteiger partial charge in [0.2, 0.25) is 0 Å². The van der Waals surface area contributed by atoms with E-state index in [1.807, 2.05) is 11.0 Å². The van der Waals surface area contributed by atoms with Gasteiger partial charge in [-0.2, -0.15) is 8.42 Å². The number of sulfone groups is 1. The molecule has 2 saturated heterocycles. The summed E-state index contributed by atoms with van der Waals surface area (Å²) in [6.07, 6.45) is 4.24. The number of benzene rings is 2. The molecule has 2 aromatic carbocycles. The van der Waals surface area contributed by atoms with Crippen LogP contribution < -0.4 is 4.18 Å². The molecule has 0 saturated carbocycles. The molecule has 11 heteroatoms. The third kappa shape index (κ3) is 6.78. The van der Waals surface area contributed by atoms with E-state index in [4.69, 9.17) is 15.8 Å². The Morgan fingerprint density at radius 3 is 2.08 bits per heavy atom. The minimum Gasteiger partial charge on any atom is -0.380 e. The number of nitrogens with zero attached hydrogens (tertiary/aromatic N) is 2. The Morgan fingerprint density at radius 1 is 0.923 bits per heavy atom. The molecule has 39 heavy (non-hydrogen) atoms. The number of piperidine rings is 2. The van der Waals surface area contributed by atoms with Gasteiger partial charge in [0.25, 0.3) is 0 Å². The third-order valence-electron chi connectivity index (χ3n) is 8.13. The minimum absolute atomic E-state index is 0.153. The molecule has 0 radical (unpaired) electrons. The Balaban J connectivity index is 1.46. The molecule has 2 heterocycles. The van der Waals surface area contributed by atoms with E-state index in [1.54, 1.807) is 31.2 Å². The van der Waals surface area contributed by atoms with Crippen LogP contribution in [-0.4, -0.2) is 71.0 Å². The average molecular weight is 601 g/mol. The molecule has 0 N–H and O–H groups in total. The van der Waals surface area contributed by atoms with Crippen LogP contribution in [0.25, 0.3) is 0 Å². The highest BCUT2D eigenvalue weighted by Crippen LogP contribution is 2.39. The van der Waals surface area contributed by atoms with E-state index in [2.05, 4.69) is 11.8 Å². The van der Waals surface area contributed by atoms with Crippen molar-refractivity contribution in [1.82, 2.24) is 9.80 Å². The molecule has 0 bridgehead atoms. The van der Waals surface area contributed by atoms with Crippen LogP contribution in [0.3, 0.4) is 0 Å². The molecular formula is C28H38ClFN2O5S2. The van der Waals surface area contributed by atoms with Gasteiger partial charge in [0.1, 0.15) is 16.1 Å². The number of rotatable bonds is 9. The first-order valence-corrected chi connectivity index (χ1v) is 17.4. The highest BCUT2D eigenvalue weighted by atomic mass is 35.5. The van der Waals surface area contributed by atoms with Gasteiger partial charge in [-0.05, 0) is 86.8 Å². The smallest absolute Gasteiger partial charge is 0.325 e. The van der Waals surface area contributed by atoms with Gasteiger partial charge in [-0.1, -0.05) is 49.7 Å². The molecule has 2 fully saturated rings. The predicted molar refractivity (Wildman–Crippen MR) is 152 cm³/mol. The number of likely N-dealkylation sites (tertiary alicyclic amines) is 2. The van der Waals surface area contributed by atoms with Crippen LogP contribution in [0.4, 0.5) is 4.39 Å². The molecule has 7 nitrogen and oxygen atoms in total. The van der Waals surface area contributed by atoms with Crippen LogP contribution >= 0.6 is 11.6 Å². The fourth-order valence-corrected chi connectivity index (χ4v) is 8.54. The maximum absolute atomic E-state index is 15.0. The Labute approximate surface area is 237 Å². The minimum atomic E-state index is -4.04. The molecule has 0 aromatic heterocycles. The molecule has 0 amide bonds. The van der Waals surface area contributed by atoms with Crippen molar-refractivity contribution in [3.05, 3.63) is 58.4 Å². The number of halogens is 2. The molecule has 2 aliphatic rings. The summed E-state index contributed by atoms with van der Waals surface area (Å²) < 4.78 is 71.5. The molecule has 1 unspecified atom stereocenters. The van der Waals surface area contributed by atoms with Crippen molar-refractivity contribution in [2.24, 2.45) is 0 Å². The molecule has 216 valence electrons. The van der Waals surface area contributed by atoms with Gasteiger partial charge in [-0.25, -0.2) is 12.8 Å². The van der Waals surface area contributed by atoms with Crippen LogP contribution in [0.15, 0.2) is 41.3 Å². The van der Waals surface area contributed by atoms with E-state index in [-0.39, 0.29) is 22.5 Å². The quantitative estimate of drug-likeness (QED) is 0.356. The van der Waals surface area contributed by atoms with Crippen molar-refractivity contribution in [3.8, 4) is 5.75 Å². The Bertz CT molecular complexity index is 1370. The van der Waals surface area contributed by atoms with E-state index in [0.29, 0.717) is 42.9 Å². The largest absolute Gasteiger partial charge is 0.380 e. The number of hydrogen-bond donors (Lipinski definition) is 0. The van der Waals surface area contributed by atoms with E-state index in [0.717, 1.165) is 44.3 Å². The predicted octanol–water partition coefficient (Wildman–Crippen LogP) is 5.41. The van der Waals surface area contributed by atoms with Gasteiger partial charge in [-0.3, -0.25) is 4.90 Å². The van der Waals surface area contributed by atoms with Gasteiger partial charge >= 0.3 is 10.1 Å². The maximum Gasteiger partial charge on any atom is 0.325 e. The zero-order valence-electron chi connectivity index (χ0n) is 22.8. The molecule has 0 aliphatic carbocycles. The van der Waals surface area contributed by atoms with E-state index in [9.17, 15) is 16.8 Å². The molecule has 2 aromatic rings. The normalized spacial score (nSPS) is 19.7. The monoisotopic (exact) mass is 600 g/mol. The summed E-state index contributed by atoms with van der Waals surface area (Å²) in [5.74, 6) is -0.500. The first kappa shape index (κ1) is 30.2. The highest BCUT2D eigenvalue weighted by Gasteiger charge is 2.36. The van der Waals surface area contributed by atoms with Crippen LogP contribution in [0, 0.1) is 5.82 Å². The van der Waals surface area contributed by atoms with E-state index >= 15 is 4.39 Å². The van der Waals surface area contributed by atoms with Crippen molar-refractivity contribution in [2.45, 2.75) is 68.1 Å². The lowest BCUT2D eigenvalue weighted by Crippen LogP contribution is -2.46.